The first-order valence-corrected chi connectivity index (χ1v) is 10.3. The van der Waals surface area contributed by atoms with Crippen molar-refractivity contribution in [2.75, 3.05) is 37.9 Å². The summed E-state index contributed by atoms with van der Waals surface area (Å²) in [5.41, 5.74) is -0.447. The third-order valence-electron chi connectivity index (χ3n) is 5.66. The van der Waals surface area contributed by atoms with Crippen LogP contribution in [0.15, 0.2) is 18.3 Å². The minimum Gasteiger partial charge on any atom is -0.495 e. The molecule has 1 amide bonds. The number of rotatable bonds is 7. The molecule has 2 N–H and O–H groups in total. The van der Waals surface area contributed by atoms with Crippen molar-refractivity contribution >= 4 is 23.4 Å². The van der Waals surface area contributed by atoms with Gasteiger partial charge in [0.05, 0.1) is 30.5 Å². The maximum Gasteiger partial charge on any atom is 0.281 e. The molecule has 2 heterocycles. The fourth-order valence-electron chi connectivity index (χ4n) is 3.72. The standard InChI is InChI=1S/C21H23F4N5O2/c1-26-18-14(21(24,25)11-3-4-11)9-27-20(29-18)28-16-8-15(23)13(7-17(16)32-2)19(31)30-6-5-12(22)10-30/h7-9,11-12H,3-6,10H2,1-2H3,(H2,26,27,28,29)/t12-/m1/s1. The Kier molecular flexibility index (Phi) is 5.83. The molecule has 2 aliphatic rings. The van der Waals surface area contributed by atoms with Crippen LogP contribution in [0.1, 0.15) is 35.2 Å². The van der Waals surface area contributed by atoms with Crippen LogP contribution < -0.4 is 15.4 Å². The monoisotopic (exact) mass is 453 g/mol. The fourth-order valence-corrected chi connectivity index (χ4v) is 3.72. The van der Waals surface area contributed by atoms with Gasteiger partial charge < -0.3 is 20.3 Å². The van der Waals surface area contributed by atoms with Gasteiger partial charge in [-0.25, -0.2) is 22.5 Å². The zero-order valence-electron chi connectivity index (χ0n) is 17.6. The topological polar surface area (TPSA) is 79.4 Å². The Hall–Kier alpha value is -3.11. The molecule has 1 saturated carbocycles. The number of anilines is 3. The number of aromatic nitrogens is 2. The van der Waals surface area contributed by atoms with Gasteiger partial charge in [-0.05, 0) is 25.3 Å². The van der Waals surface area contributed by atoms with Gasteiger partial charge in [-0.2, -0.15) is 4.98 Å². The Morgan fingerprint density at radius 1 is 1.28 bits per heavy atom. The van der Waals surface area contributed by atoms with Crippen molar-refractivity contribution in [3.05, 3.63) is 35.3 Å². The molecule has 2 aromatic rings. The molecular weight excluding hydrogens is 430 g/mol. The number of carbonyl (C=O) groups excluding carboxylic acids is 1. The summed E-state index contributed by atoms with van der Waals surface area (Å²) in [4.78, 5) is 21.9. The minimum absolute atomic E-state index is 0.0413. The number of ether oxygens (including phenoxy) is 1. The third kappa shape index (κ3) is 4.15. The van der Waals surface area contributed by atoms with Crippen LogP contribution >= 0.6 is 0 Å². The number of alkyl halides is 3. The number of carbonyl (C=O) groups is 1. The number of hydrogen-bond acceptors (Lipinski definition) is 6. The number of amides is 1. The van der Waals surface area contributed by atoms with Crippen LogP contribution in [0.25, 0.3) is 0 Å². The highest BCUT2D eigenvalue weighted by Gasteiger charge is 2.49. The molecule has 1 aromatic carbocycles. The van der Waals surface area contributed by atoms with Gasteiger partial charge in [-0.3, -0.25) is 4.79 Å². The summed E-state index contributed by atoms with van der Waals surface area (Å²) in [5.74, 6) is -5.22. The molecule has 172 valence electrons. The zero-order valence-corrected chi connectivity index (χ0v) is 17.6. The summed E-state index contributed by atoms with van der Waals surface area (Å²) in [6.45, 7) is 0.124. The molecule has 0 radical (unpaired) electrons. The number of methoxy groups -OCH3 is 1. The van der Waals surface area contributed by atoms with Gasteiger partial charge in [0.2, 0.25) is 5.95 Å². The van der Waals surface area contributed by atoms with Crippen LogP contribution in [0.2, 0.25) is 0 Å². The predicted molar refractivity (Wildman–Crippen MR) is 110 cm³/mol. The Balaban J connectivity index is 1.60. The summed E-state index contributed by atoms with van der Waals surface area (Å²) in [5, 5.41) is 5.40. The maximum absolute atomic E-state index is 14.7. The molecule has 11 heteroatoms. The summed E-state index contributed by atoms with van der Waals surface area (Å²) in [7, 11) is 2.80. The van der Waals surface area contributed by atoms with Crippen molar-refractivity contribution in [1.82, 2.24) is 14.9 Å². The second-order valence-corrected chi connectivity index (χ2v) is 7.90. The Morgan fingerprint density at radius 2 is 2.03 bits per heavy atom. The molecule has 1 aliphatic heterocycles. The molecule has 1 atom stereocenters. The van der Waals surface area contributed by atoms with Gasteiger partial charge in [0, 0.05) is 31.8 Å². The summed E-state index contributed by atoms with van der Waals surface area (Å²) in [6.07, 6.45) is 1.02. The fraction of sp³-hybridized carbons (Fsp3) is 0.476. The van der Waals surface area contributed by atoms with Crippen molar-refractivity contribution in [3.8, 4) is 5.75 Å². The second-order valence-electron chi connectivity index (χ2n) is 7.90. The Morgan fingerprint density at radius 3 is 2.62 bits per heavy atom. The number of hydrogen-bond donors (Lipinski definition) is 2. The maximum atomic E-state index is 14.7. The molecular formula is C21H23F4N5O2. The van der Waals surface area contributed by atoms with Crippen molar-refractivity contribution in [2.24, 2.45) is 5.92 Å². The highest BCUT2D eigenvalue weighted by molar-refractivity contribution is 5.96. The molecule has 1 saturated heterocycles. The summed E-state index contributed by atoms with van der Waals surface area (Å²) in [6, 6.07) is 2.24. The molecule has 4 rings (SSSR count). The van der Waals surface area contributed by atoms with Gasteiger partial charge >= 0.3 is 0 Å². The quantitative estimate of drug-likeness (QED) is 0.615. The summed E-state index contributed by atoms with van der Waals surface area (Å²) >= 11 is 0. The SMILES string of the molecule is CNc1nc(Nc2cc(F)c(C(=O)N3CC[C@@H](F)C3)cc2OC)ncc1C(F)(F)C1CC1. The van der Waals surface area contributed by atoms with E-state index in [0.717, 1.165) is 12.3 Å². The molecule has 0 bridgehead atoms. The zero-order chi connectivity index (χ0) is 23.0. The Labute approximate surface area is 182 Å². The molecule has 1 aliphatic carbocycles. The average molecular weight is 453 g/mol. The number of likely N-dealkylation sites (tertiary alicyclic amines) is 1. The van der Waals surface area contributed by atoms with Crippen molar-refractivity contribution in [3.63, 3.8) is 0 Å². The first-order chi connectivity index (χ1) is 15.2. The minimum atomic E-state index is -3.04. The van der Waals surface area contributed by atoms with Gasteiger partial charge in [0.15, 0.2) is 0 Å². The van der Waals surface area contributed by atoms with Gasteiger partial charge in [0.25, 0.3) is 11.8 Å². The van der Waals surface area contributed by atoms with Crippen LogP contribution in [-0.4, -0.2) is 54.2 Å². The van der Waals surface area contributed by atoms with E-state index in [1.807, 2.05) is 0 Å². The van der Waals surface area contributed by atoms with Crippen LogP contribution in [-0.2, 0) is 5.92 Å². The largest absolute Gasteiger partial charge is 0.495 e. The lowest BCUT2D eigenvalue weighted by molar-refractivity contribution is -0.0283. The van der Waals surface area contributed by atoms with Crippen LogP contribution in [0.4, 0.5) is 35.0 Å². The van der Waals surface area contributed by atoms with Crippen molar-refractivity contribution in [2.45, 2.75) is 31.4 Å². The van der Waals surface area contributed by atoms with E-state index in [0.29, 0.717) is 12.8 Å². The molecule has 0 unspecified atom stereocenters. The highest BCUT2D eigenvalue weighted by atomic mass is 19.3. The van der Waals surface area contributed by atoms with E-state index < -0.39 is 29.7 Å². The third-order valence-corrected chi connectivity index (χ3v) is 5.66. The normalized spacial score (nSPS) is 18.6. The average Bonchev–Trinajstić information content (AvgIpc) is 3.55. The van der Waals surface area contributed by atoms with E-state index in [1.165, 1.54) is 25.1 Å². The van der Waals surface area contributed by atoms with Gasteiger partial charge in [0.1, 0.15) is 23.6 Å². The number of halogens is 4. The predicted octanol–water partition coefficient (Wildman–Crippen LogP) is 4.10. The lowest BCUT2D eigenvalue weighted by Crippen LogP contribution is -2.29. The van der Waals surface area contributed by atoms with E-state index in [9.17, 15) is 22.4 Å². The highest BCUT2D eigenvalue weighted by Crippen LogP contribution is 2.51. The van der Waals surface area contributed by atoms with Crippen molar-refractivity contribution < 1.29 is 27.1 Å². The van der Waals surface area contributed by atoms with E-state index in [1.54, 1.807) is 0 Å². The molecule has 32 heavy (non-hydrogen) atoms. The molecule has 0 spiro atoms. The van der Waals surface area contributed by atoms with E-state index in [4.69, 9.17) is 4.74 Å². The van der Waals surface area contributed by atoms with Gasteiger partial charge in [-0.15, -0.1) is 0 Å². The number of nitrogens with zero attached hydrogens (tertiary/aromatic N) is 3. The first kappa shape index (κ1) is 22.1. The Bertz CT molecular complexity index is 1030. The van der Waals surface area contributed by atoms with Gasteiger partial charge in [-0.1, -0.05) is 0 Å². The smallest absolute Gasteiger partial charge is 0.281 e. The summed E-state index contributed by atoms with van der Waals surface area (Å²) < 4.78 is 62.5. The van der Waals surface area contributed by atoms with E-state index in [2.05, 4.69) is 20.6 Å². The van der Waals surface area contributed by atoms with Crippen LogP contribution in [0.3, 0.4) is 0 Å². The van der Waals surface area contributed by atoms with Crippen molar-refractivity contribution in [1.29, 1.82) is 0 Å². The molecule has 1 aromatic heterocycles. The molecule has 7 nitrogen and oxygen atoms in total. The lowest BCUT2D eigenvalue weighted by atomic mass is 10.1. The van der Waals surface area contributed by atoms with E-state index >= 15 is 0 Å². The van der Waals surface area contributed by atoms with Crippen LogP contribution in [0, 0.1) is 11.7 Å². The van der Waals surface area contributed by atoms with Crippen LogP contribution in [0.5, 0.6) is 5.75 Å². The first-order valence-electron chi connectivity index (χ1n) is 10.3. The second kappa shape index (κ2) is 8.44. The number of nitrogens with one attached hydrogen (secondary N) is 2. The lowest BCUT2D eigenvalue weighted by Gasteiger charge is -2.20. The number of benzene rings is 1. The van der Waals surface area contributed by atoms with E-state index in [-0.39, 0.29) is 53.8 Å². The molecule has 2 fully saturated rings.